The van der Waals surface area contributed by atoms with Gasteiger partial charge in [-0.3, -0.25) is 4.79 Å². The number of quaternary nitrogens is 1. The van der Waals surface area contributed by atoms with E-state index in [1.807, 2.05) is 14.1 Å². The van der Waals surface area contributed by atoms with Crippen molar-refractivity contribution >= 4 is 50.7 Å². The van der Waals surface area contributed by atoms with Gasteiger partial charge in [0.2, 0.25) is 11.7 Å². The third kappa shape index (κ3) is 6.58. The van der Waals surface area contributed by atoms with Gasteiger partial charge in [-0.15, -0.1) is 0 Å². The van der Waals surface area contributed by atoms with Crippen molar-refractivity contribution in [1.29, 1.82) is 0 Å². The van der Waals surface area contributed by atoms with E-state index in [0.717, 1.165) is 5.69 Å². The van der Waals surface area contributed by atoms with Crippen molar-refractivity contribution in [2.75, 3.05) is 43.3 Å². The smallest absolute Gasteiger partial charge is 0.364 e. The van der Waals surface area contributed by atoms with Crippen molar-refractivity contribution in [1.82, 2.24) is 15.0 Å². The van der Waals surface area contributed by atoms with Crippen LogP contribution < -0.4 is 16.0 Å². The monoisotopic (exact) mass is 586 g/mol. The van der Waals surface area contributed by atoms with Gasteiger partial charge in [-0.2, -0.15) is 0 Å². The number of aliphatic imine (C=N–C) groups is 1. The zero-order valence-corrected chi connectivity index (χ0v) is 22.5. The molecule has 0 fully saturated rings. The van der Waals surface area contributed by atoms with E-state index in [-0.39, 0.29) is 17.5 Å². The van der Waals surface area contributed by atoms with Gasteiger partial charge in [0.25, 0.3) is 0 Å². The number of benzene rings is 1. The van der Waals surface area contributed by atoms with Crippen LogP contribution in [0.5, 0.6) is 0 Å². The Hall–Kier alpha value is -4.17. The number of amides is 1. The fourth-order valence-corrected chi connectivity index (χ4v) is 4.24. The molecule has 1 aromatic carbocycles. The van der Waals surface area contributed by atoms with Gasteiger partial charge in [-0.05, 0) is 56.2 Å². The van der Waals surface area contributed by atoms with Gasteiger partial charge < -0.3 is 35.5 Å². The minimum Gasteiger partial charge on any atom is -0.364 e. The highest BCUT2D eigenvalue weighted by atomic mass is 79.9. The number of aryl methyl sites for hydroxylation is 1. The quantitative estimate of drug-likeness (QED) is 0.135. The number of hydrogen-bond acceptors (Lipinski definition) is 8. The lowest BCUT2D eigenvalue weighted by Crippen LogP contribution is -2.39. The van der Waals surface area contributed by atoms with E-state index in [0.29, 0.717) is 63.1 Å². The molecule has 4 N–H and O–H groups in total. The number of nitrogens with zero attached hydrogens (tertiary/aromatic N) is 5. The van der Waals surface area contributed by atoms with Gasteiger partial charge in [0.1, 0.15) is 30.7 Å². The summed E-state index contributed by atoms with van der Waals surface area (Å²) < 4.78 is 14.3. The SMILES string of the molecule is Cc1nc([N+](=O)[O-])c(C[N+](C)(C)C/C=C/C(=O)Nc2cc3c(cn2)NCN=C3Nc2ccc(F)c(Br)c2)[nH]1. The number of amidine groups is 1. The Kier molecular flexibility index (Phi) is 7.83. The minimum atomic E-state index is -0.506. The number of pyridine rings is 1. The lowest BCUT2D eigenvalue weighted by Gasteiger charge is -2.27. The first-order valence-corrected chi connectivity index (χ1v) is 12.3. The maximum Gasteiger partial charge on any atom is 0.390 e. The predicted octanol–water partition coefficient (Wildman–Crippen LogP) is 3.94. The molecule has 0 saturated heterocycles. The van der Waals surface area contributed by atoms with Gasteiger partial charge in [0, 0.05) is 24.3 Å². The summed E-state index contributed by atoms with van der Waals surface area (Å²) in [5, 5.41) is 20.3. The van der Waals surface area contributed by atoms with E-state index in [1.54, 1.807) is 37.4 Å². The first-order valence-electron chi connectivity index (χ1n) is 11.5. The number of carbonyl (C=O) groups excluding carboxylic acids is 1. The predicted molar refractivity (Wildman–Crippen MR) is 145 cm³/mol. The van der Waals surface area contributed by atoms with Crippen molar-refractivity contribution in [3.63, 3.8) is 0 Å². The number of hydrogen-bond donors (Lipinski definition) is 4. The summed E-state index contributed by atoms with van der Waals surface area (Å²) in [7, 11) is 3.79. The van der Waals surface area contributed by atoms with Crippen LogP contribution in [0.2, 0.25) is 0 Å². The lowest BCUT2D eigenvalue weighted by atomic mass is 10.1. The molecule has 0 saturated carbocycles. The Morgan fingerprint density at radius 3 is 2.87 bits per heavy atom. The Bertz CT molecular complexity index is 1450. The van der Waals surface area contributed by atoms with Crippen LogP contribution in [0.15, 0.2) is 52.1 Å². The summed E-state index contributed by atoms with van der Waals surface area (Å²) >= 11 is 3.18. The number of likely N-dealkylation sites (N-methyl/N-ethyl adjacent to an activating group) is 1. The molecule has 4 rings (SSSR count). The second-order valence-corrected chi connectivity index (χ2v) is 10.1. The van der Waals surface area contributed by atoms with E-state index in [4.69, 9.17) is 0 Å². The molecule has 0 bridgehead atoms. The van der Waals surface area contributed by atoms with E-state index in [1.165, 1.54) is 12.1 Å². The zero-order chi connectivity index (χ0) is 27.4. The molecule has 1 aliphatic heterocycles. The molecule has 3 heterocycles. The fraction of sp³-hybridized carbons (Fsp3) is 0.250. The number of fused-ring (bicyclic) bond motifs is 1. The molecule has 1 amide bonds. The summed E-state index contributed by atoms with van der Waals surface area (Å²) in [4.78, 5) is 38.9. The standard InChI is InChI=1S/C24H25BrFN9O3/c1-14-30-20(24(31-14)34(37)38)12-35(2,3)8-4-5-22(36)33-21-10-16-19(11-27-21)28-13-29-23(16)32-15-6-7-18(26)17(25)9-15/h4-7,9-11H,8,12-13H2,1-3H3,(H3-,27,28,29,30,31,32,33,36)/p+1/b5-4+. The van der Waals surface area contributed by atoms with Gasteiger partial charge in [-0.25, -0.2) is 14.4 Å². The van der Waals surface area contributed by atoms with Crippen molar-refractivity contribution in [3.05, 3.63) is 80.1 Å². The van der Waals surface area contributed by atoms with Crippen LogP contribution >= 0.6 is 15.9 Å². The average molecular weight is 587 g/mol. The Morgan fingerprint density at radius 1 is 1.34 bits per heavy atom. The highest BCUT2D eigenvalue weighted by Gasteiger charge is 2.26. The number of nitro groups is 1. The van der Waals surface area contributed by atoms with Crippen LogP contribution in [-0.2, 0) is 11.3 Å². The van der Waals surface area contributed by atoms with Gasteiger partial charge >= 0.3 is 5.82 Å². The van der Waals surface area contributed by atoms with Crippen molar-refractivity contribution in [2.24, 2.45) is 4.99 Å². The zero-order valence-electron chi connectivity index (χ0n) is 20.9. The molecule has 0 atom stereocenters. The largest absolute Gasteiger partial charge is 0.390 e. The molecule has 1 aliphatic rings. The molecular weight excluding hydrogens is 561 g/mol. The molecule has 0 radical (unpaired) electrons. The Labute approximate surface area is 226 Å². The number of H-pyrrole nitrogens is 1. The molecule has 3 aromatic rings. The molecule has 2 aromatic heterocycles. The molecule has 14 heteroatoms. The van der Waals surface area contributed by atoms with Crippen LogP contribution in [0.3, 0.4) is 0 Å². The second kappa shape index (κ2) is 11.1. The van der Waals surface area contributed by atoms with Crippen LogP contribution in [-0.4, -0.2) is 63.4 Å². The number of aromatic nitrogens is 3. The molecule has 198 valence electrons. The van der Waals surface area contributed by atoms with Crippen LogP contribution in [0, 0.1) is 22.9 Å². The van der Waals surface area contributed by atoms with E-state index in [2.05, 4.69) is 51.8 Å². The first-order chi connectivity index (χ1) is 18.0. The van der Waals surface area contributed by atoms with E-state index >= 15 is 0 Å². The molecule has 12 nitrogen and oxygen atoms in total. The lowest BCUT2D eigenvalue weighted by molar-refractivity contribution is -0.898. The second-order valence-electron chi connectivity index (χ2n) is 9.26. The van der Waals surface area contributed by atoms with Crippen molar-refractivity contribution < 1.29 is 18.6 Å². The number of imidazole rings is 1. The number of halogens is 2. The van der Waals surface area contributed by atoms with Crippen molar-refractivity contribution in [2.45, 2.75) is 13.5 Å². The third-order valence-electron chi connectivity index (χ3n) is 5.60. The van der Waals surface area contributed by atoms with Gasteiger partial charge in [0.15, 0.2) is 5.69 Å². The molecule has 0 spiro atoms. The Balaban J connectivity index is 1.39. The molecule has 0 aliphatic carbocycles. The van der Waals surface area contributed by atoms with Crippen LogP contribution in [0.25, 0.3) is 0 Å². The minimum absolute atomic E-state index is 0.187. The highest BCUT2D eigenvalue weighted by Crippen LogP contribution is 2.25. The number of carbonyl (C=O) groups is 1. The number of aromatic amines is 1. The van der Waals surface area contributed by atoms with Crippen molar-refractivity contribution in [3.8, 4) is 0 Å². The van der Waals surface area contributed by atoms with Gasteiger partial charge in [-0.1, -0.05) is 0 Å². The first kappa shape index (κ1) is 26.9. The van der Waals surface area contributed by atoms with Gasteiger partial charge in [0.05, 0.1) is 37.0 Å². The summed E-state index contributed by atoms with van der Waals surface area (Å²) in [5.41, 5.74) is 2.51. The maximum atomic E-state index is 13.6. The number of rotatable bonds is 8. The highest BCUT2D eigenvalue weighted by molar-refractivity contribution is 9.10. The normalized spacial score (nSPS) is 13.0. The number of anilines is 3. The molecule has 0 unspecified atom stereocenters. The van der Waals surface area contributed by atoms with E-state index in [9.17, 15) is 19.3 Å². The fourth-order valence-electron chi connectivity index (χ4n) is 3.86. The van der Waals surface area contributed by atoms with E-state index < -0.39 is 4.92 Å². The average Bonchev–Trinajstić information content (AvgIpc) is 3.21. The third-order valence-corrected chi connectivity index (χ3v) is 6.21. The maximum absolute atomic E-state index is 13.6. The molecule has 38 heavy (non-hydrogen) atoms. The summed E-state index contributed by atoms with van der Waals surface area (Å²) in [6.45, 7) is 2.78. The van der Waals surface area contributed by atoms with Crippen LogP contribution in [0.4, 0.5) is 27.4 Å². The summed E-state index contributed by atoms with van der Waals surface area (Å²) in [5.74, 6) is 0.419. The topological polar surface area (TPSA) is 150 Å². The van der Waals surface area contributed by atoms with Crippen LogP contribution in [0.1, 0.15) is 17.1 Å². The summed E-state index contributed by atoms with van der Waals surface area (Å²) in [6.07, 6.45) is 4.70. The number of nitrogens with one attached hydrogen (secondary N) is 4. The summed E-state index contributed by atoms with van der Waals surface area (Å²) in [6, 6.07) is 6.25. The Morgan fingerprint density at radius 2 is 2.13 bits per heavy atom. The molecular formula is C24H26BrFN9O3+.